The fourth-order valence-corrected chi connectivity index (χ4v) is 9.59. The van der Waals surface area contributed by atoms with E-state index in [9.17, 15) is 43.5 Å². The van der Waals surface area contributed by atoms with Gasteiger partial charge in [0.15, 0.2) is 12.3 Å². The average Bonchev–Trinajstić information content (AvgIpc) is 4.04. The van der Waals surface area contributed by atoms with Crippen LogP contribution in [0.15, 0.2) is 90.0 Å². The molecule has 2 aliphatic heterocycles. The van der Waals surface area contributed by atoms with E-state index < -0.39 is 83.7 Å². The summed E-state index contributed by atoms with van der Waals surface area (Å²) in [4.78, 5) is 62.0. The minimum absolute atomic E-state index is 0.0368. The van der Waals surface area contributed by atoms with Gasteiger partial charge in [0.1, 0.15) is 30.7 Å². The lowest BCUT2D eigenvalue weighted by atomic mass is 10.1. The summed E-state index contributed by atoms with van der Waals surface area (Å²) in [5.41, 5.74) is 4.58. The number of carbonyl (C=O) groups is 2. The first kappa shape index (κ1) is 63.5. The van der Waals surface area contributed by atoms with Crippen LogP contribution in [0, 0.1) is 0 Å². The first-order chi connectivity index (χ1) is 35.1. The summed E-state index contributed by atoms with van der Waals surface area (Å²) < 4.78 is 62.5. The van der Waals surface area contributed by atoms with E-state index in [1.54, 1.807) is 0 Å². The highest BCUT2D eigenvalue weighted by molar-refractivity contribution is 7.61. The van der Waals surface area contributed by atoms with Crippen LogP contribution in [0.2, 0.25) is 0 Å². The van der Waals surface area contributed by atoms with E-state index in [1.165, 1.54) is 63.9 Å². The molecule has 2 fully saturated rings. The van der Waals surface area contributed by atoms with Gasteiger partial charge in [-0.25, -0.2) is 13.9 Å². The average molecular weight is 1070 g/mol. The smallest absolute Gasteiger partial charge is 0.462 e. The lowest BCUT2D eigenvalue weighted by Gasteiger charge is -2.21. The molecule has 73 heavy (non-hydrogen) atoms. The molecule has 0 saturated carbocycles. The molecule has 0 aliphatic carbocycles. The van der Waals surface area contributed by atoms with Gasteiger partial charge in [0.05, 0.1) is 25.4 Å². The maximum absolute atomic E-state index is 12.9. The molecule has 0 radical (unpaired) electrons. The van der Waals surface area contributed by atoms with E-state index >= 15 is 0 Å². The number of allylic oxidation sites excluding steroid dienone is 10. The fraction of sp³-hybridized carbons (Fsp3) is 0.654. The summed E-state index contributed by atoms with van der Waals surface area (Å²) in [6.07, 6.45) is 38.7. The van der Waals surface area contributed by atoms with Gasteiger partial charge in [-0.05, 0) is 89.5 Å². The molecular weight excluding hydrogens is 985 g/mol. The van der Waals surface area contributed by atoms with Crippen molar-refractivity contribution in [3.63, 3.8) is 0 Å². The standard InChI is InChI=1S/C52H83N3O16P2/c1-3-5-7-9-11-13-14-15-16-17-18-19-20-22-24-26-31-35-47(56)65-39-42(68-48(57)36-32-28-27-30-34-44-43(69-44)33-29-25-23-21-12-10-8-6-4-2)40-66-72(61,62)71-73(63,64)67-41-45-49(58)50(59)51(70-45)55-38-37-46(53)54-52(55)60/h12,15-16,18-19,21-22,24-25,27,29-30,37-38,42-45,49-51,58-59H,3-11,13-14,17,20,23,26,28,31-36,39-41H2,1-2H3,(H,61,62)(H,63,64)(H2,53,54,60)/b16-15-,19-18-,21-12-,24-22-,29-25-,30-27-/t42-,43?,44?,45-,49-,50-,51-/m1/s1. The fourth-order valence-electron chi connectivity index (χ4n) is 7.48. The van der Waals surface area contributed by atoms with Crippen LogP contribution >= 0.6 is 15.6 Å². The second kappa shape index (κ2) is 37.0. The van der Waals surface area contributed by atoms with Gasteiger partial charge in [-0.15, -0.1) is 0 Å². The molecule has 3 rings (SSSR count). The summed E-state index contributed by atoms with van der Waals surface area (Å²) in [6.45, 7) is 2.00. The zero-order chi connectivity index (χ0) is 53.2. The van der Waals surface area contributed by atoms with Crippen LogP contribution in [0.1, 0.15) is 161 Å². The molecule has 19 nitrogen and oxygen atoms in total. The number of anilines is 1. The second-order valence-corrected chi connectivity index (χ2v) is 21.1. The predicted octanol–water partition coefficient (Wildman–Crippen LogP) is 9.88. The highest BCUT2D eigenvalue weighted by Gasteiger charge is 2.46. The zero-order valence-electron chi connectivity index (χ0n) is 42.9. The summed E-state index contributed by atoms with van der Waals surface area (Å²) in [6, 6.07) is 1.24. The molecule has 412 valence electrons. The van der Waals surface area contributed by atoms with Gasteiger partial charge < -0.3 is 44.7 Å². The predicted molar refractivity (Wildman–Crippen MR) is 279 cm³/mol. The highest BCUT2D eigenvalue weighted by Crippen LogP contribution is 2.60. The normalized spacial score (nSPS) is 22.3. The summed E-state index contributed by atoms with van der Waals surface area (Å²) >= 11 is 0. The van der Waals surface area contributed by atoms with Gasteiger partial charge in [0.2, 0.25) is 0 Å². The topological polar surface area (TPSA) is 278 Å². The molecule has 2 aliphatic rings. The number of esters is 2. The molecule has 0 aromatic carbocycles. The molecule has 2 saturated heterocycles. The Morgan fingerprint density at radius 1 is 0.671 bits per heavy atom. The summed E-state index contributed by atoms with van der Waals surface area (Å²) in [7, 11) is -10.9. The van der Waals surface area contributed by atoms with Gasteiger partial charge >= 0.3 is 33.3 Å². The minimum atomic E-state index is -5.45. The number of rotatable bonds is 41. The highest BCUT2D eigenvalue weighted by atomic mass is 31.3. The zero-order valence-corrected chi connectivity index (χ0v) is 44.6. The van der Waals surface area contributed by atoms with Crippen LogP contribution in [-0.2, 0) is 51.0 Å². The van der Waals surface area contributed by atoms with Gasteiger partial charge in [-0.2, -0.15) is 9.29 Å². The van der Waals surface area contributed by atoms with E-state index in [0.717, 1.165) is 55.7 Å². The third-order valence-corrected chi connectivity index (χ3v) is 14.3. The van der Waals surface area contributed by atoms with Gasteiger partial charge in [-0.3, -0.25) is 23.2 Å². The van der Waals surface area contributed by atoms with E-state index in [2.05, 4.69) is 71.8 Å². The van der Waals surface area contributed by atoms with E-state index in [-0.39, 0.29) is 30.9 Å². The Bertz CT molecular complexity index is 2080. The minimum Gasteiger partial charge on any atom is -0.462 e. The SMILES string of the molecule is CCCCC/C=C\C/C=C\CC1OC1C/C=C\CCCC(=O)O[C@H](COC(=O)CCC/C=C\C/C=C\C/C=C\CCCCCCCC)COP(=O)(O)OP(=O)(O)OC[C@H]1O[C@@H](n2ccc(N)nc2=O)[C@H](O)[C@@H]1O. The number of nitrogens with zero attached hydrogens (tertiary/aromatic N) is 2. The molecule has 4 unspecified atom stereocenters. The van der Waals surface area contributed by atoms with Crippen LogP contribution in [0.4, 0.5) is 5.82 Å². The maximum Gasteiger partial charge on any atom is 0.481 e. The van der Waals surface area contributed by atoms with Crippen LogP contribution in [0.25, 0.3) is 0 Å². The Morgan fingerprint density at radius 3 is 1.81 bits per heavy atom. The van der Waals surface area contributed by atoms with Crippen molar-refractivity contribution in [2.24, 2.45) is 0 Å². The van der Waals surface area contributed by atoms with E-state index in [1.807, 2.05) is 24.3 Å². The largest absolute Gasteiger partial charge is 0.481 e. The first-order valence-corrected chi connectivity index (χ1v) is 29.1. The van der Waals surface area contributed by atoms with Crippen molar-refractivity contribution >= 4 is 33.4 Å². The molecule has 3 heterocycles. The number of hydrogen-bond acceptors (Lipinski definition) is 16. The number of aromatic nitrogens is 2. The molecule has 9 atom stereocenters. The van der Waals surface area contributed by atoms with E-state index in [4.69, 9.17) is 33.7 Å². The molecule has 0 bridgehead atoms. The molecule has 1 aromatic heterocycles. The number of nitrogens with two attached hydrogens (primary N) is 1. The number of aliphatic hydroxyl groups excluding tert-OH is 2. The lowest BCUT2D eigenvalue weighted by Crippen LogP contribution is -2.36. The monoisotopic (exact) mass is 1070 g/mol. The van der Waals surface area contributed by atoms with Crippen molar-refractivity contribution < 1.29 is 71.0 Å². The van der Waals surface area contributed by atoms with Gasteiger partial charge in [-0.1, -0.05) is 132 Å². The number of phosphoric ester groups is 2. The molecule has 0 amide bonds. The molecular formula is C52H83N3O16P2. The number of aliphatic hydroxyl groups is 2. The number of phosphoric acid groups is 2. The van der Waals surface area contributed by atoms with Crippen molar-refractivity contribution in [1.82, 2.24) is 9.55 Å². The van der Waals surface area contributed by atoms with E-state index in [0.29, 0.717) is 25.7 Å². The Labute approximate surface area is 431 Å². The summed E-state index contributed by atoms with van der Waals surface area (Å²) in [5, 5.41) is 20.9. The van der Waals surface area contributed by atoms with Crippen LogP contribution in [0.5, 0.6) is 0 Å². The maximum atomic E-state index is 12.9. The number of nitrogen functional groups attached to an aromatic ring is 1. The Kier molecular flexibility index (Phi) is 32.2. The lowest BCUT2D eigenvalue weighted by molar-refractivity contribution is -0.161. The number of carbonyl (C=O) groups excluding carboxylic acids is 2. The first-order valence-electron chi connectivity index (χ1n) is 26.1. The quantitative estimate of drug-likeness (QED) is 0.0134. The summed E-state index contributed by atoms with van der Waals surface area (Å²) in [5.74, 6) is -1.44. The van der Waals surface area contributed by atoms with Crippen molar-refractivity contribution in [2.45, 2.75) is 198 Å². The molecule has 21 heteroatoms. The molecule has 0 spiro atoms. The number of unbranched alkanes of at least 4 members (excludes halogenated alkanes) is 11. The Morgan fingerprint density at radius 2 is 1.18 bits per heavy atom. The van der Waals surface area contributed by atoms with Crippen LogP contribution in [0.3, 0.4) is 0 Å². The Balaban J connectivity index is 1.43. The number of hydrogen-bond donors (Lipinski definition) is 5. The van der Waals surface area contributed by atoms with Crippen LogP contribution < -0.4 is 11.4 Å². The molecule has 1 aromatic rings. The Hall–Kier alpha value is -3.84. The van der Waals surface area contributed by atoms with Crippen LogP contribution in [-0.4, -0.2) is 97.9 Å². The van der Waals surface area contributed by atoms with Gasteiger partial charge in [0.25, 0.3) is 0 Å². The van der Waals surface area contributed by atoms with Crippen molar-refractivity contribution in [3.05, 3.63) is 95.7 Å². The third kappa shape index (κ3) is 29.2. The molecule has 6 N–H and O–H groups in total. The van der Waals surface area contributed by atoms with Crippen molar-refractivity contribution in [1.29, 1.82) is 0 Å². The number of epoxide rings is 1. The third-order valence-electron chi connectivity index (χ3n) is 11.7. The van der Waals surface area contributed by atoms with Crippen molar-refractivity contribution in [2.75, 3.05) is 25.6 Å². The van der Waals surface area contributed by atoms with Crippen molar-refractivity contribution in [3.8, 4) is 0 Å². The number of ether oxygens (including phenoxy) is 4. The van der Waals surface area contributed by atoms with Gasteiger partial charge in [0, 0.05) is 19.0 Å². The second-order valence-electron chi connectivity index (χ2n) is 18.1.